The van der Waals surface area contributed by atoms with E-state index >= 15 is 0 Å². The molecule has 0 unspecified atom stereocenters. The first kappa shape index (κ1) is 10.8. The number of aliphatic carboxylic acids is 1. The zero-order valence-corrected chi connectivity index (χ0v) is 4.90. The Bertz CT molecular complexity index is 64.0. The monoisotopic (exact) mass is 176 g/mol. The van der Waals surface area contributed by atoms with E-state index < -0.39 is 10.8 Å². The molecule has 1 atom stereocenters. The minimum atomic E-state index is -0.824. The number of alkyl halides is 1. The summed E-state index contributed by atoms with van der Waals surface area (Å²) in [6.45, 7) is 1.56. The van der Waals surface area contributed by atoms with Gasteiger partial charge >= 0.3 is 35.5 Å². The van der Waals surface area contributed by atoms with Gasteiger partial charge in [-0.1, -0.05) is 15.9 Å². The van der Waals surface area contributed by atoms with Crippen LogP contribution in [0.1, 0.15) is 6.92 Å². The molecule has 0 aliphatic carbocycles. The number of hydrogen-bond acceptors (Lipinski definition) is 1. The fourth-order valence-corrected chi connectivity index (χ4v) is 0. The summed E-state index contributed by atoms with van der Waals surface area (Å²) in [6, 6.07) is 0. The Hall–Kier alpha value is 0.950. The first-order valence-electron chi connectivity index (χ1n) is 1.51. The number of carbonyl (C=O) groups is 1. The molecule has 0 aromatic heterocycles. The third-order valence-electron chi connectivity index (χ3n) is 0.340. The normalized spacial score (nSPS) is 11.7. The summed E-state index contributed by atoms with van der Waals surface area (Å²) in [5.41, 5.74) is 0. The number of hydrogen-bond donors (Lipinski definition) is 1. The summed E-state index contributed by atoms with van der Waals surface area (Å²) >= 11 is 2.84. The first-order valence-corrected chi connectivity index (χ1v) is 2.43. The molecule has 0 amide bonds. The zero-order valence-electron chi connectivity index (χ0n) is 3.31. The number of halogens is 1. The van der Waals surface area contributed by atoms with Gasteiger partial charge in [0.05, 0.1) is 0 Å². The molecule has 4 heteroatoms. The fourth-order valence-electron chi connectivity index (χ4n) is 0. The SMILES string of the molecule is C[C@@H](Br)C(=O)O.[NaH]. The number of carboxylic acids is 1. The molecule has 7 heavy (non-hydrogen) atoms. The molecule has 0 aliphatic heterocycles. The molecule has 0 rings (SSSR count). The van der Waals surface area contributed by atoms with Gasteiger partial charge in [0.25, 0.3) is 0 Å². The van der Waals surface area contributed by atoms with Crippen molar-refractivity contribution in [2.45, 2.75) is 11.8 Å². The van der Waals surface area contributed by atoms with Crippen LogP contribution in [-0.4, -0.2) is 45.5 Å². The van der Waals surface area contributed by atoms with Crippen LogP contribution in [0, 0.1) is 0 Å². The number of carboxylic acid groups (broad SMARTS) is 1. The van der Waals surface area contributed by atoms with Gasteiger partial charge in [-0.25, -0.2) is 0 Å². The molecule has 0 aromatic rings. The second-order valence-corrected chi connectivity index (χ2v) is 2.33. The van der Waals surface area contributed by atoms with Gasteiger partial charge in [0.15, 0.2) is 0 Å². The Labute approximate surface area is 72.7 Å². The Morgan fingerprint density at radius 3 is 2.00 bits per heavy atom. The molecule has 2 nitrogen and oxygen atoms in total. The van der Waals surface area contributed by atoms with E-state index in [1.165, 1.54) is 0 Å². The zero-order chi connectivity index (χ0) is 5.15. The summed E-state index contributed by atoms with van der Waals surface area (Å²) in [7, 11) is 0. The van der Waals surface area contributed by atoms with Gasteiger partial charge in [-0.05, 0) is 6.92 Å². The third kappa shape index (κ3) is 6.95. The molecule has 38 valence electrons. The van der Waals surface area contributed by atoms with E-state index in [4.69, 9.17) is 5.11 Å². The van der Waals surface area contributed by atoms with Crippen molar-refractivity contribution in [3.05, 3.63) is 0 Å². The van der Waals surface area contributed by atoms with Crippen molar-refractivity contribution in [1.82, 2.24) is 0 Å². The van der Waals surface area contributed by atoms with E-state index in [9.17, 15) is 4.79 Å². The average molecular weight is 177 g/mol. The standard InChI is InChI=1S/C3H5BrO2.Na.H/c1-2(4)3(5)6;;/h2H,1H3,(H,5,6);;/t2-;;/m1../s1. The van der Waals surface area contributed by atoms with Crippen molar-refractivity contribution < 1.29 is 9.90 Å². The topological polar surface area (TPSA) is 37.3 Å². The van der Waals surface area contributed by atoms with E-state index in [-0.39, 0.29) is 29.6 Å². The van der Waals surface area contributed by atoms with Crippen molar-refractivity contribution in [2.24, 2.45) is 0 Å². The van der Waals surface area contributed by atoms with E-state index in [0.717, 1.165) is 0 Å². The summed E-state index contributed by atoms with van der Waals surface area (Å²) < 4.78 is 0. The van der Waals surface area contributed by atoms with Crippen LogP contribution in [0.4, 0.5) is 0 Å². The summed E-state index contributed by atoms with van der Waals surface area (Å²) in [6.07, 6.45) is 0. The molecule has 0 saturated carbocycles. The Morgan fingerprint density at radius 2 is 2.00 bits per heavy atom. The van der Waals surface area contributed by atoms with Crippen molar-refractivity contribution in [1.29, 1.82) is 0 Å². The van der Waals surface area contributed by atoms with Crippen LogP contribution in [0.3, 0.4) is 0 Å². The summed E-state index contributed by atoms with van der Waals surface area (Å²) in [4.78, 5) is 9.23. The maximum atomic E-state index is 9.65. The molecular formula is C3H6BrNaO2. The fraction of sp³-hybridized carbons (Fsp3) is 0.667. The molecule has 0 spiro atoms. The van der Waals surface area contributed by atoms with Crippen LogP contribution < -0.4 is 0 Å². The van der Waals surface area contributed by atoms with Gasteiger partial charge in [0.2, 0.25) is 0 Å². The predicted molar refractivity (Wildman–Crippen MR) is 33.2 cm³/mol. The van der Waals surface area contributed by atoms with Gasteiger partial charge in [0.1, 0.15) is 4.83 Å². The quantitative estimate of drug-likeness (QED) is 0.459. The van der Waals surface area contributed by atoms with Crippen molar-refractivity contribution in [3.63, 3.8) is 0 Å². The van der Waals surface area contributed by atoms with Crippen LogP contribution in [0.15, 0.2) is 0 Å². The van der Waals surface area contributed by atoms with Crippen LogP contribution in [-0.2, 0) is 4.79 Å². The van der Waals surface area contributed by atoms with Gasteiger partial charge < -0.3 is 5.11 Å². The minimum absolute atomic E-state index is 0. The molecule has 0 radical (unpaired) electrons. The Morgan fingerprint density at radius 1 is 1.86 bits per heavy atom. The van der Waals surface area contributed by atoms with E-state index in [1.807, 2.05) is 0 Å². The van der Waals surface area contributed by atoms with E-state index in [0.29, 0.717) is 0 Å². The first-order chi connectivity index (χ1) is 2.64. The van der Waals surface area contributed by atoms with Gasteiger partial charge in [-0.15, -0.1) is 0 Å². The molecule has 0 aliphatic rings. The van der Waals surface area contributed by atoms with E-state index in [1.54, 1.807) is 6.92 Å². The molecule has 0 aromatic carbocycles. The van der Waals surface area contributed by atoms with Crippen LogP contribution in [0.2, 0.25) is 0 Å². The second kappa shape index (κ2) is 5.09. The van der Waals surface area contributed by atoms with Gasteiger partial charge in [-0.3, -0.25) is 4.79 Å². The maximum absolute atomic E-state index is 9.65. The summed E-state index contributed by atoms with van der Waals surface area (Å²) in [5.74, 6) is -0.824. The van der Waals surface area contributed by atoms with Crippen molar-refractivity contribution in [3.8, 4) is 0 Å². The molecule has 0 bridgehead atoms. The van der Waals surface area contributed by atoms with Crippen LogP contribution >= 0.6 is 15.9 Å². The van der Waals surface area contributed by atoms with Crippen molar-refractivity contribution in [2.75, 3.05) is 0 Å². The number of rotatable bonds is 1. The van der Waals surface area contributed by atoms with Gasteiger partial charge in [-0.2, -0.15) is 0 Å². The third-order valence-corrected chi connectivity index (χ3v) is 0.732. The van der Waals surface area contributed by atoms with Crippen molar-refractivity contribution >= 4 is 51.5 Å². The predicted octanol–water partition coefficient (Wildman–Crippen LogP) is 0.206. The Balaban J connectivity index is 0. The Kier molecular flexibility index (Phi) is 7.89. The molecule has 0 saturated heterocycles. The molecule has 1 N–H and O–H groups in total. The van der Waals surface area contributed by atoms with E-state index in [2.05, 4.69) is 15.9 Å². The molecular weight excluding hydrogens is 171 g/mol. The van der Waals surface area contributed by atoms with Crippen LogP contribution in [0.25, 0.3) is 0 Å². The van der Waals surface area contributed by atoms with Crippen LogP contribution in [0.5, 0.6) is 0 Å². The van der Waals surface area contributed by atoms with Gasteiger partial charge in [0, 0.05) is 0 Å². The average Bonchev–Trinajstić information content (AvgIpc) is 1.36. The molecule has 0 heterocycles. The second-order valence-electron chi connectivity index (χ2n) is 0.954. The molecule has 0 fully saturated rings. The summed E-state index contributed by atoms with van der Waals surface area (Å²) in [5, 5.41) is 7.94.